The Morgan fingerprint density at radius 2 is 2.04 bits per heavy atom. The second kappa shape index (κ2) is 8.09. The fraction of sp³-hybridized carbons (Fsp3) is 0.294. The predicted octanol–water partition coefficient (Wildman–Crippen LogP) is 1.71. The molecule has 0 unspecified atom stereocenters. The van der Waals surface area contributed by atoms with Gasteiger partial charge in [-0.05, 0) is 43.7 Å². The van der Waals surface area contributed by atoms with E-state index in [4.69, 9.17) is 4.74 Å². The predicted molar refractivity (Wildman–Crippen MR) is 93.9 cm³/mol. The van der Waals surface area contributed by atoms with Crippen molar-refractivity contribution in [3.05, 3.63) is 53.9 Å². The van der Waals surface area contributed by atoms with Crippen LogP contribution in [0.25, 0.3) is 0 Å². The first kappa shape index (κ1) is 18.9. The average molecular weight is 363 g/mol. The standard InChI is InChI=1S/C17H21N3O4S/c1-12(2)20-17(21)15-9-14(6-7-16(15)24-3)25(22,23)19-11-13-5-4-8-18-10-13/h4-10,12,19H,11H2,1-3H3,(H,20,21). The largest absolute Gasteiger partial charge is 0.496 e. The van der Waals surface area contributed by atoms with Gasteiger partial charge in [-0.2, -0.15) is 0 Å². The maximum atomic E-state index is 12.5. The zero-order valence-electron chi connectivity index (χ0n) is 14.3. The van der Waals surface area contributed by atoms with Gasteiger partial charge in [-0.15, -0.1) is 0 Å². The van der Waals surface area contributed by atoms with Crippen molar-refractivity contribution >= 4 is 15.9 Å². The summed E-state index contributed by atoms with van der Waals surface area (Å²) < 4.78 is 32.7. The number of aromatic nitrogens is 1. The highest BCUT2D eigenvalue weighted by Crippen LogP contribution is 2.22. The van der Waals surface area contributed by atoms with Gasteiger partial charge in [-0.25, -0.2) is 13.1 Å². The molecule has 8 heteroatoms. The summed E-state index contributed by atoms with van der Waals surface area (Å²) in [5.41, 5.74) is 0.901. The molecule has 134 valence electrons. The summed E-state index contributed by atoms with van der Waals surface area (Å²) in [5.74, 6) is -0.0829. The van der Waals surface area contributed by atoms with E-state index < -0.39 is 15.9 Å². The lowest BCUT2D eigenvalue weighted by molar-refractivity contribution is 0.0940. The van der Waals surface area contributed by atoms with Crippen LogP contribution in [0.15, 0.2) is 47.6 Å². The van der Waals surface area contributed by atoms with Gasteiger partial charge in [-0.1, -0.05) is 6.07 Å². The number of rotatable bonds is 7. The first-order chi connectivity index (χ1) is 11.8. The van der Waals surface area contributed by atoms with Crippen LogP contribution in [0.4, 0.5) is 0 Å². The number of hydrogen-bond donors (Lipinski definition) is 2. The van der Waals surface area contributed by atoms with Crippen molar-refractivity contribution in [2.24, 2.45) is 0 Å². The highest BCUT2D eigenvalue weighted by molar-refractivity contribution is 7.89. The van der Waals surface area contributed by atoms with Crippen LogP contribution in [-0.2, 0) is 16.6 Å². The van der Waals surface area contributed by atoms with Crippen LogP contribution >= 0.6 is 0 Å². The molecule has 2 aromatic rings. The summed E-state index contributed by atoms with van der Waals surface area (Å²) in [6.07, 6.45) is 3.19. The lowest BCUT2D eigenvalue weighted by Crippen LogP contribution is -2.31. The van der Waals surface area contributed by atoms with Crippen LogP contribution < -0.4 is 14.8 Å². The maximum absolute atomic E-state index is 12.5. The van der Waals surface area contributed by atoms with Gasteiger partial charge in [0.15, 0.2) is 0 Å². The minimum atomic E-state index is -3.78. The Morgan fingerprint density at radius 1 is 1.28 bits per heavy atom. The molecular weight excluding hydrogens is 342 g/mol. The summed E-state index contributed by atoms with van der Waals surface area (Å²) >= 11 is 0. The molecule has 25 heavy (non-hydrogen) atoms. The molecule has 2 N–H and O–H groups in total. The fourth-order valence-corrected chi connectivity index (χ4v) is 3.18. The molecule has 1 amide bonds. The van der Waals surface area contributed by atoms with Gasteiger partial charge in [0.05, 0.1) is 17.6 Å². The Bertz CT molecular complexity index is 836. The lowest BCUT2D eigenvalue weighted by Gasteiger charge is -2.13. The Kier molecular flexibility index (Phi) is 6.11. The van der Waals surface area contributed by atoms with Gasteiger partial charge in [0, 0.05) is 25.0 Å². The van der Waals surface area contributed by atoms with Crippen molar-refractivity contribution < 1.29 is 17.9 Å². The highest BCUT2D eigenvalue weighted by atomic mass is 32.2. The molecule has 0 aliphatic carbocycles. The molecule has 1 heterocycles. The molecule has 1 aromatic heterocycles. The van der Waals surface area contributed by atoms with Gasteiger partial charge in [0.25, 0.3) is 5.91 Å². The van der Waals surface area contributed by atoms with E-state index in [0.717, 1.165) is 5.56 Å². The third kappa shape index (κ3) is 5.01. The van der Waals surface area contributed by atoms with Crippen LogP contribution in [0.3, 0.4) is 0 Å². The monoisotopic (exact) mass is 363 g/mol. The normalized spacial score (nSPS) is 11.4. The number of benzene rings is 1. The van der Waals surface area contributed by atoms with E-state index >= 15 is 0 Å². The van der Waals surface area contributed by atoms with Crippen LogP contribution in [0.1, 0.15) is 29.8 Å². The van der Waals surface area contributed by atoms with E-state index in [2.05, 4.69) is 15.0 Å². The Morgan fingerprint density at radius 3 is 2.64 bits per heavy atom. The maximum Gasteiger partial charge on any atom is 0.255 e. The minimum absolute atomic E-state index is 0.00824. The molecule has 0 atom stereocenters. The molecule has 7 nitrogen and oxygen atoms in total. The summed E-state index contributed by atoms with van der Waals surface area (Å²) in [6, 6.07) is 7.59. The van der Waals surface area contributed by atoms with Gasteiger partial charge < -0.3 is 10.1 Å². The van der Waals surface area contributed by atoms with E-state index in [0.29, 0.717) is 5.75 Å². The average Bonchev–Trinajstić information content (AvgIpc) is 2.59. The summed E-state index contributed by atoms with van der Waals surface area (Å²) in [5, 5.41) is 2.73. The molecule has 2 rings (SSSR count). The van der Waals surface area contributed by atoms with Crippen molar-refractivity contribution in [3.8, 4) is 5.75 Å². The van der Waals surface area contributed by atoms with Crippen molar-refractivity contribution in [2.45, 2.75) is 31.3 Å². The van der Waals surface area contributed by atoms with E-state index in [9.17, 15) is 13.2 Å². The van der Waals surface area contributed by atoms with E-state index in [1.54, 1.807) is 24.5 Å². The van der Waals surface area contributed by atoms with Gasteiger partial charge >= 0.3 is 0 Å². The van der Waals surface area contributed by atoms with Crippen LogP contribution in [0.5, 0.6) is 5.75 Å². The van der Waals surface area contributed by atoms with Gasteiger partial charge in [-0.3, -0.25) is 9.78 Å². The Hall–Kier alpha value is -2.45. The fourth-order valence-electron chi connectivity index (χ4n) is 2.14. The smallest absolute Gasteiger partial charge is 0.255 e. The third-order valence-electron chi connectivity index (χ3n) is 3.33. The van der Waals surface area contributed by atoms with Crippen LogP contribution in [0.2, 0.25) is 0 Å². The second-order valence-electron chi connectivity index (χ2n) is 5.68. The molecule has 1 aromatic carbocycles. The SMILES string of the molecule is COc1ccc(S(=O)(=O)NCc2cccnc2)cc1C(=O)NC(C)C. The lowest BCUT2D eigenvalue weighted by atomic mass is 10.2. The summed E-state index contributed by atoms with van der Waals surface area (Å²) in [4.78, 5) is 16.2. The molecule has 0 saturated carbocycles. The van der Waals surface area contributed by atoms with Gasteiger partial charge in [0.1, 0.15) is 5.75 Å². The van der Waals surface area contributed by atoms with Gasteiger partial charge in [0.2, 0.25) is 10.0 Å². The number of nitrogens with zero attached hydrogens (tertiary/aromatic N) is 1. The first-order valence-corrected chi connectivity index (χ1v) is 9.19. The van der Waals surface area contributed by atoms with Crippen molar-refractivity contribution in [2.75, 3.05) is 7.11 Å². The molecule has 0 saturated heterocycles. The summed E-state index contributed by atoms with van der Waals surface area (Å²) in [7, 11) is -2.35. The topological polar surface area (TPSA) is 97.4 Å². The van der Waals surface area contributed by atoms with E-state index in [-0.39, 0.29) is 23.0 Å². The molecule has 0 fully saturated rings. The quantitative estimate of drug-likeness (QED) is 0.780. The van der Waals surface area contributed by atoms with Crippen LogP contribution in [0, 0.1) is 0 Å². The molecular formula is C17H21N3O4S. The highest BCUT2D eigenvalue weighted by Gasteiger charge is 2.20. The third-order valence-corrected chi connectivity index (χ3v) is 4.73. The summed E-state index contributed by atoms with van der Waals surface area (Å²) in [6.45, 7) is 3.75. The van der Waals surface area contributed by atoms with E-state index in [1.807, 2.05) is 13.8 Å². The molecule has 0 spiro atoms. The van der Waals surface area contributed by atoms with Crippen molar-refractivity contribution in [1.29, 1.82) is 0 Å². The minimum Gasteiger partial charge on any atom is -0.496 e. The molecule has 0 radical (unpaired) electrons. The zero-order valence-corrected chi connectivity index (χ0v) is 15.1. The Labute approximate surface area is 147 Å². The number of hydrogen-bond acceptors (Lipinski definition) is 5. The number of amides is 1. The number of pyridine rings is 1. The number of carbonyl (C=O) groups excluding carboxylic acids is 1. The van der Waals surface area contributed by atoms with E-state index in [1.165, 1.54) is 25.3 Å². The number of sulfonamides is 1. The molecule has 0 bridgehead atoms. The van der Waals surface area contributed by atoms with Crippen molar-refractivity contribution in [3.63, 3.8) is 0 Å². The molecule has 0 aliphatic rings. The first-order valence-electron chi connectivity index (χ1n) is 7.71. The zero-order chi connectivity index (χ0) is 18.4. The Balaban J connectivity index is 2.26. The number of methoxy groups -OCH3 is 1. The number of carbonyl (C=O) groups is 1. The van der Waals surface area contributed by atoms with Crippen LogP contribution in [-0.4, -0.2) is 32.5 Å². The second-order valence-corrected chi connectivity index (χ2v) is 7.44. The number of ether oxygens (including phenoxy) is 1. The number of nitrogens with one attached hydrogen (secondary N) is 2. The van der Waals surface area contributed by atoms with Crippen molar-refractivity contribution in [1.82, 2.24) is 15.0 Å². The molecule has 0 aliphatic heterocycles.